The molecule has 1 aromatic rings. The average Bonchev–Trinajstić information content (AvgIpc) is 2.52. The quantitative estimate of drug-likeness (QED) is 0.636. The molecule has 0 fully saturated rings. The van der Waals surface area contributed by atoms with Crippen molar-refractivity contribution in [3.63, 3.8) is 0 Å². The Hall–Kier alpha value is -1.88. The summed E-state index contributed by atoms with van der Waals surface area (Å²) in [5.41, 5.74) is 1.13. The SMILES string of the molecule is CC(C)CNC(=O)C(=O)NCCC(CCO)c1ccccc1. The van der Waals surface area contributed by atoms with E-state index >= 15 is 0 Å². The molecule has 3 N–H and O–H groups in total. The molecule has 0 aliphatic carbocycles. The van der Waals surface area contributed by atoms with Gasteiger partial charge in [0.2, 0.25) is 0 Å². The van der Waals surface area contributed by atoms with Crippen molar-refractivity contribution in [1.29, 1.82) is 0 Å². The van der Waals surface area contributed by atoms with E-state index in [-0.39, 0.29) is 12.5 Å². The van der Waals surface area contributed by atoms with Crippen LogP contribution in [-0.2, 0) is 9.59 Å². The van der Waals surface area contributed by atoms with E-state index in [0.29, 0.717) is 31.8 Å². The van der Waals surface area contributed by atoms with E-state index in [1.54, 1.807) is 0 Å². The Labute approximate surface area is 132 Å². The normalized spacial score (nSPS) is 12.0. The summed E-state index contributed by atoms with van der Waals surface area (Å²) in [6, 6.07) is 9.88. The molecule has 0 bridgehead atoms. The lowest BCUT2D eigenvalue weighted by atomic mass is 9.93. The van der Waals surface area contributed by atoms with Crippen molar-refractivity contribution in [2.75, 3.05) is 19.7 Å². The summed E-state index contributed by atoms with van der Waals surface area (Å²) in [6.07, 6.45) is 1.33. The fourth-order valence-electron chi connectivity index (χ4n) is 2.18. The Morgan fingerprint density at radius 2 is 1.68 bits per heavy atom. The van der Waals surface area contributed by atoms with E-state index < -0.39 is 11.8 Å². The molecular formula is C17H26N2O3. The lowest BCUT2D eigenvalue weighted by Gasteiger charge is -2.16. The smallest absolute Gasteiger partial charge is 0.309 e. The van der Waals surface area contributed by atoms with Gasteiger partial charge in [-0.15, -0.1) is 0 Å². The average molecular weight is 306 g/mol. The highest BCUT2D eigenvalue weighted by Gasteiger charge is 2.15. The lowest BCUT2D eigenvalue weighted by molar-refractivity contribution is -0.139. The van der Waals surface area contributed by atoms with Gasteiger partial charge in [0.25, 0.3) is 0 Å². The molecule has 1 rings (SSSR count). The van der Waals surface area contributed by atoms with Crippen molar-refractivity contribution in [2.45, 2.75) is 32.6 Å². The standard InChI is InChI=1S/C17H26N2O3/c1-13(2)12-19-17(22)16(21)18-10-8-15(9-11-20)14-6-4-3-5-7-14/h3-7,13,15,20H,8-12H2,1-2H3,(H,18,21)(H,19,22). The number of aliphatic hydroxyl groups is 1. The first-order chi connectivity index (χ1) is 10.5. The number of carbonyl (C=O) groups is 2. The number of hydrogen-bond acceptors (Lipinski definition) is 3. The van der Waals surface area contributed by atoms with Crippen molar-refractivity contribution in [3.8, 4) is 0 Å². The van der Waals surface area contributed by atoms with E-state index in [0.717, 1.165) is 5.56 Å². The Morgan fingerprint density at radius 1 is 1.05 bits per heavy atom. The number of amides is 2. The molecule has 122 valence electrons. The van der Waals surface area contributed by atoms with Crippen molar-refractivity contribution < 1.29 is 14.7 Å². The van der Waals surface area contributed by atoms with Crippen molar-refractivity contribution >= 4 is 11.8 Å². The molecule has 1 aromatic carbocycles. The monoisotopic (exact) mass is 306 g/mol. The Kier molecular flexibility index (Phi) is 8.22. The van der Waals surface area contributed by atoms with E-state index in [1.165, 1.54) is 0 Å². The van der Waals surface area contributed by atoms with E-state index in [9.17, 15) is 9.59 Å². The summed E-state index contributed by atoms with van der Waals surface area (Å²) in [5, 5.41) is 14.4. The molecule has 0 spiro atoms. The third-order valence-corrected chi connectivity index (χ3v) is 3.40. The first kappa shape index (κ1) is 18.2. The van der Waals surface area contributed by atoms with Crippen LogP contribution >= 0.6 is 0 Å². The minimum Gasteiger partial charge on any atom is -0.396 e. The van der Waals surface area contributed by atoms with Crippen molar-refractivity contribution in [2.24, 2.45) is 5.92 Å². The van der Waals surface area contributed by atoms with Crippen LogP contribution in [0.2, 0.25) is 0 Å². The molecule has 0 heterocycles. The zero-order valence-corrected chi connectivity index (χ0v) is 13.3. The predicted molar refractivity (Wildman–Crippen MR) is 86.4 cm³/mol. The summed E-state index contributed by atoms with van der Waals surface area (Å²) in [5.74, 6) is -0.711. The summed E-state index contributed by atoms with van der Waals surface area (Å²) in [4.78, 5) is 23.2. The van der Waals surface area contributed by atoms with Crippen LogP contribution in [0.5, 0.6) is 0 Å². The third-order valence-electron chi connectivity index (χ3n) is 3.40. The lowest BCUT2D eigenvalue weighted by Crippen LogP contribution is -2.41. The zero-order chi connectivity index (χ0) is 16.4. The van der Waals surface area contributed by atoms with Gasteiger partial charge in [0, 0.05) is 19.7 Å². The number of nitrogens with one attached hydrogen (secondary N) is 2. The molecule has 0 saturated carbocycles. The molecule has 0 aliphatic heterocycles. The van der Waals surface area contributed by atoms with Gasteiger partial charge in [-0.1, -0.05) is 44.2 Å². The van der Waals surface area contributed by atoms with E-state index in [2.05, 4.69) is 10.6 Å². The molecular weight excluding hydrogens is 280 g/mol. The molecule has 5 nitrogen and oxygen atoms in total. The van der Waals surface area contributed by atoms with Crippen molar-refractivity contribution in [3.05, 3.63) is 35.9 Å². The van der Waals surface area contributed by atoms with E-state index in [1.807, 2.05) is 44.2 Å². The van der Waals surface area contributed by atoms with Gasteiger partial charge in [-0.3, -0.25) is 9.59 Å². The molecule has 2 amide bonds. The largest absolute Gasteiger partial charge is 0.396 e. The fourth-order valence-corrected chi connectivity index (χ4v) is 2.18. The Morgan fingerprint density at radius 3 is 2.27 bits per heavy atom. The van der Waals surface area contributed by atoms with Crippen LogP contribution in [0.1, 0.15) is 38.2 Å². The van der Waals surface area contributed by atoms with Gasteiger partial charge in [-0.25, -0.2) is 0 Å². The second-order valence-electron chi connectivity index (χ2n) is 5.77. The third kappa shape index (κ3) is 6.72. The van der Waals surface area contributed by atoms with Crippen LogP contribution < -0.4 is 10.6 Å². The number of carbonyl (C=O) groups excluding carboxylic acids is 2. The highest BCUT2D eigenvalue weighted by atomic mass is 16.3. The van der Waals surface area contributed by atoms with E-state index in [4.69, 9.17) is 5.11 Å². The van der Waals surface area contributed by atoms with Crippen molar-refractivity contribution in [1.82, 2.24) is 10.6 Å². The van der Waals surface area contributed by atoms with Gasteiger partial charge in [0.1, 0.15) is 0 Å². The maximum absolute atomic E-state index is 11.7. The highest BCUT2D eigenvalue weighted by molar-refractivity contribution is 6.35. The maximum atomic E-state index is 11.7. The zero-order valence-electron chi connectivity index (χ0n) is 13.3. The van der Waals surface area contributed by atoms with Gasteiger partial charge in [0.15, 0.2) is 0 Å². The topological polar surface area (TPSA) is 78.4 Å². The van der Waals surface area contributed by atoms with Crippen LogP contribution in [0.25, 0.3) is 0 Å². The van der Waals surface area contributed by atoms with Crippen LogP contribution in [0.3, 0.4) is 0 Å². The van der Waals surface area contributed by atoms with Gasteiger partial charge in [0.05, 0.1) is 0 Å². The maximum Gasteiger partial charge on any atom is 0.309 e. The summed E-state index contributed by atoms with van der Waals surface area (Å²) in [6.45, 7) is 4.94. The second-order valence-corrected chi connectivity index (χ2v) is 5.77. The minimum atomic E-state index is -0.600. The van der Waals surface area contributed by atoms with Crippen LogP contribution in [0.15, 0.2) is 30.3 Å². The molecule has 22 heavy (non-hydrogen) atoms. The van der Waals surface area contributed by atoms with Crippen LogP contribution in [0.4, 0.5) is 0 Å². The summed E-state index contributed by atoms with van der Waals surface area (Å²) >= 11 is 0. The predicted octanol–water partition coefficient (Wildman–Crippen LogP) is 1.43. The number of hydrogen-bond donors (Lipinski definition) is 3. The molecule has 0 aromatic heterocycles. The molecule has 5 heteroatoms. The number of benzene rings is 1. The highest BCUT2D eigenvalue weighted by Crippen LogP contribution is 2.22. The Bertz CT molecular complexity index is 460. The second kappa shape index (κ2) is 9.95. The Balaban J connectivity index is 2.40. The van der Waals surface area contributed by atoms with Gasteiger partial charge in [-0.2, -0.15) is 0 Å². The van der Waals surface area contributed by atoms with Gasteiger partial charge >= 0.3 is 11.8 Å². The molecule has 1 unspecified atom stereocenters. The molecule has 1 atom stereocenters. The minimum absolute atomic E-state index is 0.0996. The molecule has 0 saturated heterocycles. The molecule has 0 aliphatic rings. The number of rotatable bonds is 8. The van der Waals surface area contributed by atoms with Crippen LogP contribution in [-0.4, -0.2) is 36.6 Å². The summed E-state index contributed by atoms with van der Waals surface area (Å²) < 4.78 is 0. The van der Waals surface area contributed by atoms with Crippen LogP contribution in [0, 0.1) is 5.92 Å². The fraction of sp³-hybridized carbons (Fsp3) is 0.529. The molecule has 0 radical (unpaired) electrons. The van der Waals surface area contributed by atoms with Gasteiger partial charge < -0.3 is 15.7 Å². The van der Waals surface area contributed by atoms with Gasteiger partial charge in [-0.05, 0) is 30.2 Å². The first-order valence-electron chi connectivity index (χ1n) is 7.76. The first-order valence-corrected chi connectivity index (χ1v) is 7.76. The number of aliphatic hydroxyl groups excluding tert-OH is 1. The summed E-state index contributed by atoms with van der Waals surface area (Å²) in [7, 11) is 0.